The first kappa shape index (κ1) is 10.8. The summed E-state index contributed by atoms with van der Waals surface area (Å²) in [5, 5.41) is 0.345. The summed E-state index contributed by atoms with van der Waals surface area (Å²) < 4.78 is 3.94. The number of anilines is 1. The summed E-state index contributed by atoms with van der Waals surface area (Å²) in [6.07, 6.45) is 0. The topological polar surface area (TPSA) is 81.2 Å². The van der Waals surface area contributed by atoms with Gasteiger partial charge in [-0.1, -0.05) is 13.8 Å². The maximum Gasteiger partial charge on any atom is 0.200 e. The minimum atomic E-state index is -0.113. The largest absolute Gasteiger partial charge is 0.374 e. The summed E-state index contributed by atoms with van der Waals surface area (Å²) in [6, 6.07) is 0. The van der Waals surface area contributed by atoms with E-state index in [1.165, 1.54) is 0 Å². The molecule has 5 nitrogen and oxygen atoms in total. The van der Waals surface area contributed by atoms with Crippen LogP contribution in [-0.2, 0) is 4.79 Å². The molecule has 76 valence electrons. The van der Waals surface area contributed by atoms with Crippen molar-refractivity contribution in [1.82, 2.24) is 9.36 Å². The average Bonchev–Trinajstić information content (AvgIpc) is 2.53. The standard InChI is InChI=1S/C8H12N4OS/c1-4(2)6(13)5(10-3)7-11-8(9)14-12-7/h4H,1-3H3,(H2,9,11,12). The minimum Gasteiger partial charge on any atom is -0.374 e. The van der Waals surface area contributed by atoms with Crippen LogP contribution >= 0.6 is 11.5 Å². The molecule has 1 heterocycles. The summed E-state index contributed by atoms with van der Waals surface area (Å²) >= 11 is 1.06. The van der Waals surface area contributed by atoms with E-state index in [-0.39, 0.29) is 11.7 Å². The molecule has 0 aliphatic rings. The van der Waals surface area contributed by atoms with E-state index in [9.17, 15) is 4.79 Å². The molecule has 0 radical (unpaired) electrons. The highest BCUT2D eigenvalue weighted by Gasteiger charge is 2.20. The smallest absolute Gasteiger partial charge is 0.200 e. The van der Waals surface area contributed by atoms with Gasteiger partial charge in [0, 0.05) is 24.5 Å². The van der Waals surface area contributed by atoms with E-state index in [0.717, 1.165) is 11.5 Å². The molecule has 14 heavy (non-hydrogen) atoms. The summed E-state index contributed by atoms with van der Waals surface area (Å²) in [6.45, 7) is 3.62. The quantitative estimate of drug-likeness (QED) is 0.750. The number of aromatic nitrogens is 2. The van der Waals surface area contributed by atoms with E-state index in [1.807, 2.05) is 13.8 Å². The number of Topliss-reactive ketones (excluding diaryl/α,β-unsaturated/α-hetero) is 1. The molecule has 0 atom stereocenters. The highest BCUT2D eigenvalue weighted by atomic mass is 32.1. The van der Waals surface area contributed by atoms with Crippen LogP contribution in [0.5, 0.6) is 0 Å². The molecule has 0 saturated carbocycles. The third-order valence-electron chi connectivity index (χ3n) is 1.63. The highest BCUT2D eigenvalue weighted by molar-refractivity contribution is 7.09. The van der Waals surface area contributed by atoms with Crippen molar-refractivity contribution in [3.05, 3.63) is 5.82 Å². The lowest BCUT2D eigenvalue weighted by Crippen LogP contribution is -2.22. The molecular weight excluding hydrogens is 200 g/mol. The predicted octanol–water partition coefficient (Wildman–Crippen LogP) is 0.764. The fourth-order valence-corrected chi connectivity index (χ4v) is 1.36. The molecule has 0 amide bonds. The van der Waals surface area contributed by atoms with Crippen LogP contribution in [0, 0.1) is 5.92 Å². The van der Waals surface area contributed by atoms with E-state index < -0.39 is 0 Å². The molecule has 1 rings (SSSR count). The zero-order valence-electron chi connectivity index (χ0n) is 8.31. The molecule has 0 unspecified atom stereocenters. The Hall–Kier alpha value is -1.30. The van der Waals surface area contributed by atoms with Gasteiger partial charge >= 0.3 is 0 Å². The van der Waals surface area contributed by atoms with Gasteiger partial charge in [0.2, 0.25) is 0 Å². The first-order valence-corrected chi connectivity index (χ1v) is 4.94. The molecule has 0 spiro atoms. The van der Waals surface area contributed by atoms with E-state index in [0.29, 0.717) is 16.7 Å². The van der Waals surface area contributed by atoms with Crippen LogP contribution in [-0.4, -0.2) is 27.9 Å². The number of carbonyl (C=O) groups excluding carboxylic acids is 1. The summed E-state index contributed by atoms with van der Waals surface area (Å²) in [4.78, 5) is 19.4. The van der Waals surface area contributed by atoms with Gasteiger partial charge in [0.15, 0.2) is 16.7 Å². The van der Waals surface area contributed by atoms with Gasteiger partial charge in [-0.25, -0.2) is 0 Å². The summed E-state index contributed by atoms with van der Waals surface area (Å²) in [5.74, 6) is 0.150. The number of hydrogen-bond donors (Lipinski definition) is 1. The molecule has 1 aromatic rings. The van der Waals surface area contributed by atoms with Gasteiger partial charge in [-0.3, -0.25) is 9.79 Å². The molecule has 1 aromatic heterocycles. The van der Waals surface area contributed by atoms with E-state index >= 15 is 0 Å². The number of nitrogens with zero attached hydrogens (tertiary/aromatic N) is 3. The van der Waals surface area contributed by atoms with Crippen LogP contribution in [0.15, 0.2) is 4.99 Å². The molecule has 0 saturated heterocycles. The maximum atomic E-state index is 11.6. The zero-order chi connectivity index (χ0) is 10.7. The Morgan fingerprint density at radius 1 is 1.57 bits per heavy atom. The number of rotatable bonds is 3. The van der Waals surface area contributed by atoms with Crippen molar-refractivity contribution < 1.29 is 4.79 Å². The number of nitrogen functional groups attached to an aromatic ring is 1. The van der Waals surface area contributed by atoms with Crippen molar-refractivity contribution in [3.63, 3.8) is 0 Å². The predicted molar refractivity (Wildman–Crippen MR) is 56.6 cm³/mol. The van der Waals surface area contributed by atoms with Crippen LogP contribution < -0.4 is 5.73 Å². The number of ketones is 1. The molecular formula is C8H12N4OS. The fraction of sp³-hybridized carbons (Fsp3) is 0.500. The number of hydrogen-bond acceptors (Lipinski definition) is 6. The first-order chi connectivity index (χ1) is 6.56. The normalized spacial score (nSPS) is 12.1. The second-order valence-corrected chi connectivity index (χ2v) is 3.83. The third kappa shape index (κ3) is 2.14. The van der Waals surface area contributed by atoms with Crippen molar-refractivity contribution in [2.75, 3.05) is 12.8 Å². The Bertz CT molecular complexity index is 369. The summed E-state index contributed by atoms with van der Waals surface area (Å²) in [7, 11) is 1.55. The Labute approximate surface area is 86.2 Å². The lowest BCUT2D eigenvalue weighted by molar-refractivity contribution is -0.115. The van der Waals surface area contributed by atoms with Crippen LogP contribution in [0.2, 0.25) is 0 Å². The van der Waals surface area contributed by atoms with Crippen molar-refractivity contribution >= 4 is 28.2 Å². The molecule has 0 aliphatic heterocycles. The lowest BCUT2D eigenvalue weighted by atomic mass is 10.0. The summed E-state index contributed by atoms with van der Waals surface area (Å²) in [5.41, 5.74) is 5.72. The highest BCUT2D eigenvalue weighted by Crippen LogP contribution is 2.09. The number of aliphatic imine (C=N–C) groups is 1. The van der Waals surface area contributed by atoms with Crippen molar-refractivity contribution in [3.8, 4) is 0 Å². The Morgan fingerprint density at radius 2 is 2.21 bits per heavy atom. The van der Waals surface area contributed by atoms with Gasteiger partial charge < -0.3 is 5.73 Å². The maximum absolute atomic E-state index is 11.6. The van der Waals surface area contributed by atoms with Gasteiger partial charge in [0.05, 0.1) is 0 Å². The van der Waals surface area contributed by atoms with Crippen LogP contribution in [0.4, 0.5) is 5.13 Å². The van der Waals surface area contributed by atoms with Crippen molar-refractivity contribution in [2.45, 2.75) is 13.8 Å². The molecule has 6 heteroatoms. The van der Waals surface area contributed by atoms with Gasteiger partial charge in [0.25, 0.3) is 0 Å². The SMILES string of the molecule is CN=C(C(=O)C(C)C)c1nsc(N)n1. The number of nitrogens with two attached hydrogens (primary N) is 1. The molecule has 0 bridgehead atoms. The van der Waals surface area contributed by atoms with E-state index in [1.54, 1.807) is 7.05 Å². The monoisotopic (exact) mass is 212 g/mol. The first-order valence-electron chi connectivity index (χ1n) is 4.16. The Balaban J connectivity index is 3.00. The lowest BCUT2D eigenvalue weighted by Gasteiger charge is -2.02. The van der Waals surface area contributed by atoms with Crippen LogP contribution in [0.3, 0.4) is 0 Å². The second-order valence-electron chi connectivity index (χ2n) is 3.05. The van der Waals surface area contributed by atoms with E-state index in [2.05, 4.69) is 14.3 Å². The van der Waals surface area contributed by atoms with Gasteiger partial charge in [0.1, 0.15) is 5.71 Å². The second kappa shape index (κ2) is 4.28. The molecule has 0 fully saturated rings. The zero-order valence-corrected chi connectivity index (χ0v) is 9.13. The van der Waals surface area contributed by atoms with Crippen LogP contribution in [0.25, 0.3) is 0 Å². The fourth-order valence-electron chi connectivity index (χ4n) is 0.925. The van der Waals surface area contributed by atoms with Gasteiger partial charge in [-0.2, -0.15) is 9.36 Å². The molecule has 2 N–H and O–H groups in total. The Morgan fingerprint density at radius 3 is 2.57 bits per heavy atom. The van der Waals surface area contributed by atoms with Crippen molar-refractivity contribution in [1.29, 1.82) is 0 Å². The molecule has 0 aliphatic carbocycles. The van der Waals surface area contributed by atoms with Gasteiger partial charge in [-0.15, -0.1) is 0 Å². The average molecular weight is 212 g/mol. The minimum absolute atomic E-state index is 0.0645. The number of carbonyl (C=O) groups is 1. The molecule has 0 aromatic carbocycles. The van der Waals surface area contributed by atoms with Crippen molar-refractivity contribution in [2.24, 2.45) is 10.9 Å². The third-order valence-corrected chi connectivity index (χ3v) is 2.18. The Kier molecular flexibility index (Phi) is 3.29. The van der Waals surface area contributed by atoms with Crippen LogP contribution in [0.1, 0.15) is 19.7 Å². The van der Waals surface area contributed by atoms with Gasteiger partial charge in [-0.05, 0) is 0 Å². The van der Waals surface area contributed by atoms with E-state index in [4.69, 9.17) is 5.73 Å².